The van der Waals surface area contributed by atoms with E-state index in [-0.39, 0.29) is 6.61 Å². The number of ether oxygens (including phenoxy) is 1. The number of carbonyl (C=O) groups is 1. The number of benzene rings is 2. The number of aliphatic carboxylic acids is 1. The molecule has 0 spiro atoms. The van der Waals surface area contributed by atoms with Gasteiger partial charge in [-0.2, -0.15) is 0 Å². The van der Waals surface area contributed by atoms with Crippen LogP contribution in [-0.4, -0.2) is 22.7 Å². The van der Waals surface area contributed by atoms with E-state index >= 15 is 0 Å². The molecule has 1 N–H and O–H groups in total. The Hall–Kier alpha value is -2.88. The summed E-state index contributed by atoms with van der Waals surface area (Å²) in [5.41, 5.74) is 2.85. The van der Waals surface area contributed by atoms with Gasteiger partial charge in [0, 0.05) is 17.1 Å². The zero-order valence-electron chi connectivity index (χ0n) is 11.2. The van der Waals surface area contributed by atoms with E-state index in [9.17, 15) is 4.79 Å². The lowest BCUT2D eigenvalue weighted by molar-refractivity contribution is -0.139. The Morgan fingerprint density at radius 2 is 1.90 bits per heavy atom. The topological polar surface area (TPSA) is 59.4 Å². The molecule has 0 aliphatic heterocycles. The standard InChI is InChI=1S/C17H13NO3/c19-17(20)11-21-15-6-3-5-12(9-15)14-8-13-4-1-2-7-16(13)18-10-14/h1-10H,11H2,(H,19,20). The summed E-state index contributed by atoms with van der Waals surface area (Å²) in [7, 11) is 0. The Kier molecular flexibility index (Phi) is 3.51. The van der Waals surface area contributed by atoms with Crippen molar-refractivity contribution in [2.75, 3.05) is 6.61 Å². The van der Waals surface area contributed by atoms with Crippen LogP contribution in [0.15, 0.2) is 60.8 Å². The highest BCUT2D eigenvalue weighted by molar-refractivity contribution is 5.83. The Morgan fingerprint density at radius 1 is 1.05 bits per heavy atom. The Balaban J connectivity index is 1.94. The van der Waals surface area contributed by atoms with E-state index in [1.807, 2.05) is 42.5 Å². The molecule has 4 nitrogen and oxygen atoms in total. The van der Waals surface area contributed by atoms with Crippen LogP contribution < -0.4 is 4.74 Å². The van der Waals surface area contributed by atoms with Crippen LogP contribution >= 0.6 is 0 Å². The average molecular weight is 279 g/mol. The highest BCUT2D eigenvalue weighted by Gasteiger charge is 2.04. The third-order valence-electron chi connectivity index (χ3n) is 3.12. The number of hydrogen-bond acceptors (Lipinski definition) is 3. The van der Waals surface area contributed by atoms with Crippen LogP contribution in [0, 0.1) is 0 Å². The van der Waals surface area contributed by atoms with E-state index in [0.29, 0.717) is 5.75 Å². The van der Waals surface area contributed by atoms with E-state index < -0.39 is 5.97 Å². The van der Waals surface area contributed by atoms with Gasteiger partial charge in [0.15, 0.2) is 6.61 Å². The van der Waals surface area contributed by atoms with Crippen molar-refractivity contribution in [2.24, 2.45) is 0 Å². The predicted molar refractivity (Wildman–Crippen MR) is 80.3 cm³/mol. The van der Waals surface area contributed by atoms with Crippen molar-refractivity contribution in [3.05, 3.63) is 60.8 Å². The summed E-state index contributed by atoms with van der Waals surface area (Å²) in [5.74, 6) is -0.462. The Morgan fingerprint density at radius 3 is 2.76 bits per heavy atom. The fourth-order valence-electron chi connectivity index (χ4n) is 2.14. The fraction of sp³-hybridized carbons (Fsp3) is 0.0588. The molecule has 3 aromatic rings. The fourth-order valence-corrected chi connectivity index (χ4v) is 2.14. The molecule has 0 amide bonds. The van der Waals surface area contributed by atoms with Gasteiger partial charge in [-0.15, -0.1) is 0 Å². The van der Waals surface area contributed by atoms with Crippen molar-refractivity contribution in [3.8, 4) is 16.9 Å². The van der Waals surface area contributed by atoms with Gasteiger partial charge in [0.25, 0.3) is 0 Å². The molecule has 21 heavy (non-hydrogen) atoms. The monoisotopic (exact) mass is 279 g/mol. The quantitative estimate of drug-likeness (QED) is 0.795. The number of carboxylic acid groups (broad SMARTS) is 1. The molecule has 0 aliphatic carbocycles. The van der Waals surface area contributed by atoms with Gasteiger partial charge in [0.05, 0.1) is 5.52 Å². The van der Waals surface area contributed by atoms with Gasteiger partial charge < -0.3 is 9.84 Å². The van der Waals surface area contributed by atoms with Crippen LogP contribution in [0.1, 0.15) is 0 Å². The molecule has 2 aromatic carbocycles. The summed E-state index contributed by atoms with van der Waals surface area (Å²) in [4.78, 5) is 15.0. The van der Waals surface area contributed by atoms with Gasteiger partial charge >= 0.3 is 5.97 Å². The number of nitrogens with zero attached hydrogens (tertiary/aromatic N) is 1. The lowest BCUT2D eigenvalue weighted by atomic mass is 10.1. The molecule has 0 bridgehead atoms. The summed E-state index contributed by atoms with van der Waals surface area (Å²) in [5, 5.41) is 9.71. The number of pyridine rings is 1. The maximum atomic E-state index is 10.5. The van der Waals surface area contributed by atoms with E-state index in [0.717, 1.165) is 22.0 Å². The first-order valence-electron chi connectivity index (χ1n) is 6.52. The molecule has 3 rings (SSSR count). The minimum Gasteiger partial charge on any atom is -0.482 e. The smallest absolute Gasteiger partial charge is 0.341 e. The Bertz CT molecular complexity index is 799. The van der Waals surface area contributed by atoms with E-state index in [4.69, 9.17) is 9.84 Å². The SMILES string of the molecule is O=C(O)COc1cccc(-c2cnc3ccccc3c2)c1. The number of carboxylic acids is 1. The zero-order chi connectivity index (χ0) is 14.7. The average Bonchev–Trinajstić information content (AvgIpc) is 2.53. The minimum atomic E-state index is -0.993. The largest absolute Gasteiger partial charge is 0.482 e. The molecule has 0 fully saturated rings. The maximum absolute atomic E-state index is 10.5. The first-order chi connectivity index (χ1) is 10.2. The summed E-state index contributed by atoms with van der Waals surface area (Å²) in [6, 6.07) is 17.3. The van der Waals surface area contributed by atoms with Crippen LogP contribution in [0.3, 0.4) is 0 Å². The number of hydrogen-bond donors (Lipinski definition) is 1. The van der Waals surface area contributed by atoms with E-state index in [2.05, 4.69) is 11.1 Å². The van der Waals surface area contributed by atoms with Crippen LogP contribution in [-0.2, 0) is 4.79 Å². The van der Waals surface area contributed by atoms with Gasteiger partial charge in [-0.05, 0) is 29.8 Å². The minimum absolute atomic E-state index is 0.348. The lowest BCUT2D eigenvalue weighted by Crippen LogP contribution is -2.09. The Labute approximate surface area is 121 Å². The highest BCUT2D eigenvalue weighted by atomic mass is 16.5. The van der Waals surface area contributed by atoms with Gasteiger partial charge in [-0.1, -0.05) is 30.3 Å². The van der Waals surface area contributed by atoms with Gasteiger partial charge in [0.2, 0.25) is 0 Å². The molecule has 0 radical (unpaired) electrons. The van der Waals surface area contributed by atoms with Crippen molar-refractivity contribution >= 4 is 16.9 Å². The maximum Gasteiger partial charge on any atom is 0.341 e. The number of fused-ring (bicyclic) bond motifs is 1. The molecular weight excluding hydrogens is 266 g/mol. The van der Waals surface area contributed by atoms with Crippen molar-refractivity contribution in [1.29, 1.82) is 0 Å². The van der Waals surface area contributed by atoms with E-state index in [1.54, 1.807) is 12.3 Å². The molecule has 0 aliphatic rings. The second kappa shape index (κ2) is 5.63. The van der Waals surface area contributed by atoms with Crippen LogP contribution in [0.5, 0.6) is 5.75 Å². The first-order valence-corrected chi connectivity index (χ1v) is 6.52. The third-order valence-corrected chi connectivity index (χ3v) is 3.12. The summed E-state index contributed by atoms with van der Waals surface area (Å²) < 4.78 is 5.20. The highest BCUT2D eigenvalue weighted by Crippen LogP contribution is 2.25. The first kappa shape index (κ1) is 13.1. The van der Waals surface area contributed by atoms with Crippen molar-refractivity contribution in [2.45, 2.75) is 0 Å². The van der Waals surface area contributed by atoms with Gasteiger partial charge in [-0.3, -0.25) is 4.98 Å². The van der Waals surface area contributed by atoms with Crippen LogP contribution in [0.25, 0.3) is 22.0 Å². The number of aromatic nitrogens is 1. The summed E-state index contributed by atoms with van der Waals surface area (Å²) >= 11 is 0. The molecule has 0 saturated carbocycles. The molecule has 0 unspecified atom stereocenters. The second-order valence-corrected chi connectivity index (χ2v) is 4.63. The van der Waals surface area contributed by atoms with Crippen LogP contribution in [0.4, 0.5) is 0 Å². The molecule has 1 heterocycles. The molecule has 4 heteroatoms. The van der Waals surface area contributed by atoms with Crippen molar-refractivity contribution < 1.29 is 14.6 Å². The lowest BCUT2D eigenvalue weighted by Gasteiger charge is -2.07. The zero-order valence-corrected chi connectivity index (χ0v) is 11.2. The summed E-state index contributed by atoms with van der Waals surface area (Å²) in [6.07, 6.45) is 1.80. The molecule has 1 aromatic heterocycles. The molecule has 0 atom stereocenters. The van der Waals surface area contributed by atoms with Gasteiger partial charge in [0.1, 0.15) is 5.75 Å². The van der Waals surface area contributed by atoms with E-state index in [1.165, 1.54) is 0 Å². The van der Waals surface area contributed by atoms with Crippen molar-refractivity contribution in [1.82, 2.24) is 4.98 Å². The van der Waals surface area contributed by atoms with Gasteiger partial charge in [-0.25, -0.2) is 4.79 Å². The van der Waals surface area contributed by atoms with Crippen LogP contribution in [0.2, 0.25) is 0 Å². The molecule has 104 valence electrons. The predicted octanol–water partition coefficient (Wildman–Crippen LogP) is 3.37. The third kappa shape index (κ3) is 3.00. The summed E-state index contributed by atoms with van der Waals surface area (Å²) in [6.45, 7) is -0.348. The van der Waals surface area contributed by atoms with Crippen molar-refractivity contribution in [3.63, 3.8) is 0 Å². The normalized spacial score (nSPS) is 10.5. The number of rotatable bonds is 4. The number of para-hydroxylation sites is 1. The second-order valence-electron chi connectivity index (χ2n) is 4.63. The molecule has 0 saturated heterocycles. The molecular formula is C17H13NO3.